The molecular weight excluding hydrogens is 429 g/mol. The van der Waals surface area contributed by atoms with Crippen molar-refractivity contribution >= 4 is 29.9 Å². The molecule has 6 heteroatoms. The van der Waals surface area contributed by atoms with Crippen molar-refractivity contribution in [2.24, 2.45) is 10.9 Å². The minimum Gasteiger partial charge on any atom is -0.497 e. The van der Waals surface area contributed by atoms with Gasteiger partial charge in [0.25, 0.3) is 0 Å². The monoisotopic (exact) mass is 461 g/mol. The molecule has 1 aliphatic rings. The Hall–Kier alpha value is -1.02. The maximum atomic E-state index is 5.64. The van der Waals surface area contributed by atoms with Crippen molar-refractivity contribution in [1.29, 1.82) is 0 Å². The smallest absolute Gasteiger partial charge is 0.191 e. The summed E-state index contributed by atoms with van der Waals surface area (Å²) >= 11 is 0. The standard InChI is InChI=1S/C19H31N3O2.HI/c1-3-20-19(21-11-5-13-24-15-17-8-9-17)22-12-10-16-6-4-7-18(14-16)23-2;/h4,6-7,14,17H,3,5,8-13,15H2,1-2H3,(H2,20,21,22);1H. The fourth-order valence-corrected chi connectivity index (χ4v) is 2.39. The lowest BCUT2D eigenvalue weighted by atomic mass is 10.1. The van der Waals surface area contributed by atoms with Crippen LogP contribution in [0.5, 0.6) is 5.75 Å². The van der Waals surface area contributed by atoms with E-state index in [0.29, 0.717) is 0 Å². The molecule has 5 nitrogen and oxygen atoms in total. The molecule has 0 radical (unpaired) electrons. The number of hydrogen-bond acceptors (Lipinski definition) is 3. The number of guanidine groups is 1. The molecule has 1 saturated carbocycles. The summed E-state index contributed by atoms with van der Waals surface area (Å²) < 4.78 is 10.9. The molecular formula is C19H32IN3O2. The van der Waals surface area contributed by atoms with Gasteiger partial charge in [-0.2, -0.15) is 0 Å². The van der Waals surface area contributed by atoms with Crippen molar-refractivity contribution in [3.05, 3.63) is 29.8 Å². The van der Waals surface area contributed by atoms with Crippen LogP contribution in [0.4, 0.5) is 0 Å². The highest BCUT2D eigenvalue weighted by atomic mass is 127. The molecule has 1 aliphatic carbocycles. The maximum Gasteiger partial charge on any atom is 0.191 e. The van der Waals surface area contributed by atoms with Crippen molar-refractivity contribution in [1.82, 2.24) is 10.6 Å². The highest BCUT2D eigenvalue weighted by Gasteiger charge is 2.20. The van der Waals surface area contributed by atoms with Crippen molar-refractivity contribution in [3.8, 4) is 5.75 Å². The van der Waals surface area contributed by atoms with Gasteiger partial charge in [0.05, 0.1) is 7.11 Å². The lowest BCUT2D eigenvalue weighted by molar-refractivity contribution is 0.123. The van der Waals surface area contributed by atoms with Gasteiger partial charge < -0.3 is 20.1 Å². The average Bonchev–Trinajstić information content (AvgIpc) is 3.42. The van der Waals surface area contributed by atoms with Gasteiger partial charge in [0.2, 0.25) is 0 Å². The van der Waals surface area contributed by atoms with Crippen LogP contribution in [-0.4, -0.2) is 45.9 Å². The molecule has 0 bridgehead atoms. The van der Waals surface area contributed by atoms with Crippen LogP contribution >= 0.6 is 24.0 Å². The number of rotatable bonds is 11. The predicted molar refractivity (Wildman–Crippen MR) is 114 cm³/mol. The summed E-state index contributed by atoms with van der Waals surface area (Å²) in [7, 11) is 1.70. The van der Waals surface area contributed by atoms with Crippen LogP contribution < -0.4 is 15.4 Å². The van der Waals surface area contributed by atoms with Gasteiger partial charge in [-0.05, 0) is 56.2 Å². The lowest BCUT2D eigenvalue weighted by Gasteiger charge is -2.11. The zero-order valence-corrected chi connectivity index (χ0v) is 17.8. The second-order valence-corrected chi connectivity index (χ2v) is 6.16. The number of halogens is 1. The Morgan fingerprint density at radius 2 is 2.12 bits per heavy atom. The Kier molecular flexibility index (Phi) is 11.6. The van der Waals surface area contributed by atoms with Gasteiger partial charge in [-0.1, -0.05) is 12.1 Å². The lowest BCUT2D eigenvalue weighted by Crippen LogP contribution is -2.38. The largest absolute Gasteiger partial charge is 0.497 e. The fourth-order valence-electron chi connectivity index (χ4n) is 2.39. The van der Waals surface area contributed by atoms with E-state index in [9.17, 15) is 0 Å². The zero-order valence-electron chi connectivity index (χ0n) is 15.4. The van der Waals surface area contributed by atoms with Gasteiger partial charge in [-0.3, -0.25) is 4.99 Å². The molecule has 0 heterocycles. The second-order valence-electron chi connectivity index (χ2n) is 6.16. The Labute approximate surface area is 169 Å². The van der Waals surface area contributed by atoms with Gasteiger partial charge in [0, 0.05) is 32.8 Å². The van der Waals surface area contributed by atoms with Crippen LogP contribution in [0, 0.1) is 5.92 Å². The summed E-state index contributed by atoms with van der Waals surface area (Å²) in [6.45, 7) is 6.32. The zero-order chi connectivity index (χ0) is 17.0. The van der Waals surface area contributed by atoms with E-state index >= 15 is 0 Å². The van der Waals surface area contributed by atoms with Gasteiger partial charge in [-0.25, -0.2) is 0 Å². The highest BCUT2D eigenvalue weighted by Crippen LogP contribution is 2.28. The van der Waals surface area contributed by atoms with Crippen molar-refractivity contribution in [2.75, 3.05) is 40.0 Å². The Morgan fingerprint density at radius 1 is 1.28 bits per heavy atom. The van der Waals surface area contributed by atoms with Crippen LogP contribution in [0.15, 0.2) is 29.3 Å². The summed E-state index contributed by atoms with van der Waals surface area (Å²) in [5.41, 5.74) is 1.26. The van der Waals surface area contributed by atoms with Gasteiger partial charge in [0.1, 0.15) is 5.75 Å². The van der Waals surface area contributed by atoms with Crippen molar-refractivity contribution < 1.29 is 9.47 Å². The second kappa shape index (κ2) is 13.2. The average molecular weight is 461 g/mol. The molecule has 0 aliphatic heterocycles. The van der Waals surface area contributed by atoms with E-state index in [1.807, 2.05) is 12.1 Å². The molecule has 0 saturated heterocycles. The molecule has 0 atom stereocenters. The maximum absolute atomic E-state index is 5.64. The van der Waals surface area contributed by atoms with Crippen LogP contribution in [0.2, 0.25) is 0 Å². The summed E-state index contributed by atoms with van der Waals surface area (Å²) in [5, 5.41) is 6.67. The van der Waals surface area contributed by atoms with Crippen LogP contribution in [0.3, 0.4) is 0 Å². The third-order valence-electron chi connectivity index (χ3n) is 3.95. The van der Waals surface area contributed by atoms with Gasteiger partial charge in [0.15, 0.2) is 5.96 Å². The SMILES string of the molecule is CCNC(=NCCCOCC1CC1)NCCc1cccc(OC)c1.I. The highest BCUT2D eigenvalue weighted by molar-refractivity contribution is 14.0. The van der Waals surface area contributed by atoms with E-state index in [1.165, 1.54) is 18.4 Å². The van der Waals surface area contributed by atoms with E-state index in [2.05, 4.69) is 34.7 Å². The van der Waals surface area contributed by atoms with E-state index < -0.39 is 0 Å². The minimum atomic E-state index is 0. The first-order valence-electron chi connectivity index (χ1n) is 9.04. The minimum absolute atomic E-state index is 0. The molecule has 0 aromatic heterocycles. The quantitative estimate of drug-likeness (QED) is 0.230. The Balaban J connectivity index is 0.00000312. The summed E-state index contributed by atoms with van der Waals surface area (Å²) in [5.74, 6) is 2.62. The number of benzene rings is 1. The van der Waals surface area contributed by atoms with E-state index in [1.54, 1.807) is 7.11 Å². The number of ether oxygens (including phenoxy) is 2. The first kappa shape index (κ1) is 22.0. The molecule has 2 rings (SSSR count). The van der Waals surface area contributed by atoms with Crippen LogP contribution in [-0.2, 0) is 11.2 Å². The van der Waals surface area contributed by atoms with Gasteiger partial charge in [-0.15, -0.1) is 24.0 Å². The predicted octanol–water partition coefficient (Wildman–Crippen LogP) is 3.23. The van der Waals surface area contributed by atoms with E-state index in [-0.39, 0.29) is 24.0 Å². The first-order chi connectivity index (χ1) is 11.8. The van der Waals surface area contributed by atoms with E-state index in [4.69, 9.17) is 9.47 Å². The molecule has 25 heavy (non-hydrogen) atoms. The first-order valence-corrected chi connectivity index (χ1v) is 9.04. The van der Waals surface area contributed by atoms with Crippen LogP contribution in [0.1, 0.15) is 31.7 Å². The number of hydrogen-bond donors (Lipinski definition) is 2. The molecule has 2 N–H and O–H groups in total. The molecule has 0 spiro atoms. The molecule has 1 aromatic rings. The number of aliphatic imine (C=N–C) groups is 1. The third-order valence-corrected chi connectivity index (χ3v) is 3.95. The fraction of sp³-hybridized carbons (Fsp3) is 0.632. The summed E-state index contributed by atoms with van der Waals surface area (Å²) in [4.78, 5) is 4.60. The van der Waals surface area contributed by atoms with Gasteiger partial charge >= 0.3 is 0 Å². The third kappa shape index (κ3) is 9.89. The van der Waals surface area contributed by atoms with E-state index in [0.717, 1.165) is 63.3 Å². The summed E-state index contributed by atoms with van der Waals surface area (Å²) in [6, 6.07) is 8.18. The number of methoxy groups -OCH3 is 1. The molecule has 1 fully saturated rings. The summed E-state index contributed by atoms with van der Waals surface area (Å²) in [6.07, 6.45) is 4.60. The molecule has 1 aromatic carbocycles. The van der Waals surface area contributed by atoms with Crippen LogP contribution in [0.25, 0.3) is 0 Å². The van der Waals surface area contributed by atoms with Crippen molar-refractivity contribution in [2.45, 2.75) is 32.6 Å². The van der Waals surface area contributed by atoms with Crippen molar-refractivity contribution in [3.63, 3.8) is 0 Å². The molecule has 0 unspecified atom stereocenters. The molecule has 142 valence electrons. The molecule has 0 amide bonds. The number of nitrogens with one attached hydrogen (secondary N) is 2. The topological polar surface area (TPSA) is 54.9 Å². The Bertz CT molecular complexity index is 507. The normalized spacial score (nSPS) is 13.9. The Morgan fingerprint density at radius 3 is 2.84 bits per heavy atom. The number of nitrogens with zero attached hydrogens (tertiary/aromatic N) is 1.